The van der Waals surface area contributed by atoms with Crippen molar-refractivity contribution in [1.29, 1.82) is 5.26 Å². The molecule has 0 radical (unpaired) electrons. The number of thiophene rings is 1. The van der Waals surface area contributed by atoms with Crippen LogP contribution in [0.1, 0.15) is 43.0 Å². The monoisotopic (exact) mass is 467 g/mol. The summed E-state index contributed by atoms with van der Waals surface area (Å²) in [6.07, 6.45) is 1.19. The maximum Gasteiger partial charge on any atom is 0.162 e. The number of rotatable bonds is 2. The number of benzene rings is 1. The van der Waals surface area contributed by atoms with E-state index in [1.165, 1.54) is 0 Å². The Balaban J connectivity index is 2.00. The number of carbonyl (C=O) groups is 1. The molecular weight excluding hydrogens is 446 g/mol. The van der Waals surface area contributed by atoms with E-state index in [2.05, 4.69) is 35.8 Å². The van der Waals surface area contributed by atoms with Gasteiger partial charge in [-0.2, -0.15) is 5.26 Å². The van der Waals surface area contributed by atoms with Crippen LogP contribution in [0.25, 0.3) is 0 Å². The van der Waals surface area contributed by atoms with E-state index < -0.39 is 5.92 Å². The lowest BCUT2D eigenvalue weighted by Crippen LogP contribution is -2.42. The molecule has 1 aliphatic heterocycles. The van der Waals surface area contributed by atoms with Gasteiger partial charge in [-0.1, -0.05) is 26.0 Å². The number of aryl methyl sites for hydroxylation is 1. The van der Waals surface area contributed by atoms with Crippen LogP contribution < -0.4 is 10.6 Å². The second-order valence-electron chi connectivity index (χ2n) is 8.49. The maximum absolute atomic E-state index is 13.4. The summed E-state index contributed by atoms with van der Waals surface area (Å²) in [5, 5.41) is 12.0. The van der Waals surface area contributed by atoms with Crippen LogP contribution >= 0.6 is 27.3 Å². The highest BCUT2D eigenvalue weighted by Gasteiger charge is 2.45. The quantitative estimate of drug-likeness (QED) is 0.609. The fourth-order valence-electron chi connectivity index (χ4n) is 4.33. The summed E-state index contributed by atoms with van der Waals surface area (Å²) in [6, 6.07) is 12.3. The standard InChI is InChI=1S/C23H22BrN3OS/c1-13-5-4-6-15(7-13)27-17-9-23(2,3)10-18(28)21(17)20(16(11-25)22(27)26)19-8-14(24)12-29-19/h4-8,12,20H,9-10,26H2,1-3H3. The number of nitrogens with two attached hydrogens (primary N) is 1. The average molecular weight is 468 g/mol. The molecular formula is C23H22BrN3OS. The Kier molecular flexibility index (Phi) is 4.92. The van der Waals surface area contributed by atoms with Gasteiger partial charge in [-0.25, -0.2) is 0 Å². The summed E-state index contributed by atoms with van der Waals surface area (Å²) in [5.41, 5.74) is 10.5. The Bertz CT molecular complexity index is 1120. The number of hydrogen-bond donors (Lipinski definition) is 1. The van der Waals surface area contributed by atoms with Gasteiger partial charge in [-0.15, -0.1) is 11.3 Å². The minimum Gasteiger partial charge on any atom is -0.384 e. The summed E-state index contributed by atoms with van der Waals surface area (Å²) in [6.45, 7) is 6.24. The van der Waals surface area contributed by atoms with E-state index in [0.717, 1.165) is 32.7 Å². The van der Waals surface area contributed by atoms with E-state index >= 15 is 0 Å². The number of nitrogens with zero attached hydrogens (tertiary/aromatic N) is 2. The van der Waals surface area contributed by atoms with E-state index in [1.807, 2.05) is 47.5 Å². The Morgan fingerprint density at radius 1 is 1.31 bits per heavy atom. The predicted molar refractivity (Wildman–Crippen MR) is 120 cm³/mol. The molecule has 0 spiro atoms. The zero-order valence-corrected chi connectivity index (χ0v) is 19.0. The molecule has 2 heterocycles. The first-order valence-electron chi connectivity index (χ1n) is 9.48. The highest BCUT2D eigenvalue weighted by Crippen LogP contribution is 2.51. The van der Waals surface area contributed by atoms with Gasteiger partial charge in [-0.3, -0.25) is 9.69 Å². The van der Waals surface area contributed by atoms with E-state index in [4.69, 9.17) is 5.73 Å². The molecule has 0 saturated heterocycles. The van der Waals surface area contributed by atoms with Crippen molar-refractivity contribution >= 4 is 38.7 Å². The molecule has 0 bridgehead atoms. The van der Waals surface area contributed by atoms with E-state index in [-0.39, 0.29) is 11.2 Å². The summed E-state index contributed by atoms with van der Waals surface area (Å²) >= 11 is 5.04. The molecule has 0 saturated carbocycles. The van der Waals surface area contributed by atoms with Crippen molar-refractivity contribution in [1.82, 2.24) is 0 Å². The third kappa shape index (κ3) is 3.43. The number of Topliss-reactive ketones (excluding diaryl/α,β-unsaturated/α-hetero) is 1. The van der Waals surface area contributed by atoms with Gasteiger partial charge in [0.05, 0.1) is 17.6 Å². The van der Waals surface area contributed by atoms with E-state index in [0.29, 0.717) is 23.4 Å². The molecule has 2 N–H and O–H groups in total. The van der Waals surface area contributed by atoms with Crippen molar-refractivity contribution in [2.45, 2.75) is 39.5 Å². The molecule has 1 aliphatic carbocycles. The Labute approximate surface area is 183 Å². The van der Waals surface area contributed by atoms with Gasteiger partial charge in [-0.05, 0) is 58.5 Å². The number of allylic oxidation sites excluding steroid dienone is 3. The zero-order chi connectivity index (χ0) is 20.9. The Hall–Kier alpha value is -2.36. The smallest absolute Gasteiger partial charge is 0.162 e. The molecule has 6 heteroatoms. The molecule has 2 aliphatic rings. The molecule has 1 aromatic heterocycles. The fraction of sp³-hybridized carbons (Fsp3) is 0.304. The second kappa shape index (κ2) is 7.16. The average Bonchev–Trinajstić information content (AvgIpc) is 3.05. The van der Waals surface area contributed by atoms with Gasteiger partial charge >= 0.3 is 0 Å². The number of carbonyl (C=O) groups excluding carboxylic acids is 1. The van der Waals surface area contributed by atoms with Crippen LogP contribution in [0.15, 0.2) is 62.8 Å². The van der Waals surface area contributed by atoms with Gasteiger partial charge in [0, 0.05) is 38.1 Å². The molecule has 148 valence electrons. The van der Waals surface area contributed by atoms with Crippen LogP contribution in [-0.4, -0.2) is 5.78 Å². The maximum atomic E-state index is 13.4. The zero-order valence-electron chi connectivity index (χ0n) is 16.6. The molecule has 2 aromatic rings. The topological polar surface area (TPSA) is 70.1 Å². The Morgan fingerprint density at radius 3 is 2.69 bits per heavy atom. The Morgan fingerprint density at radius 2 is 2.07 bits per heavy atom. The van der Waals surface area contributed by atoms with Gasteiger partial charge in [0.25, 0.3) is 0 Å². The number of hydrogen-bond acceptors (Lipinski definition) is 5. The first-order chi connectivity index (χ1) is 13.7. The molecule has 29 heavy (non-hydrogen) atoms. The minimum atomic E-state index is -0.407. The highest BCUT2D eigenvalue weighted by atomic mass is 79.9. The largest absolute Gasteiger partial charge is 0.384 e. The van der Waals surface area contributed by atoms with E-state index in [1.54, 1.807) is 11.3 Å². The molecule has 1 aromatic carbocycles. The minimum absolute atomic E-state index is 0.101. The number of ketones is 1. The number of halogens is 1. The van der Waals surface area contributed by atoms with Crippen LogP contribution in [-0.2, 0) is 4.79 Å². The normalized spacial score (nSPS) is 21.3. The van der Waals surface area contributed by atoms with Crippen LogP contribution in [0.2, 0.25) is 0 Å². The van der Waals surface area contributed by atoms with Crippen LogP contribution in [0, 0.1) is 23.7 Å². The lowest BCUT2D eigenvalue weighted by Gasteiger charge is -2.43. The third-order valence-corrected chi connectivity index (χ3v) is 7.27. The second-order valence-corrected chi connectivity index (χ2v) is 10.3. The molecule has 1 unspecified atom stereocenters. The SMILES string of the molecule is Cc1cccc(N2C(N)=C(C#N)C(c3cc(Br)cs3)C3=C2CC(C)(C)CC3=O)c1. The van der Waals surface area contributed by atoms with Crippen molar-refractivity contribution in [3.05, 3.63) is 73.3 Å². The van der Waals surface area contributed by atoms with Crippen molar-refractivity contribution in [3.63, 3.8) is 0 Å². The highest BCUT2D eigenvalue weighted by molar-refractivity contribution is 9.10. The van der Waals surface area contributed by atoms with E-state index in [9.17, 15) is 10.1 Å². The summed E-state index contributed by atoms with van der Waals surface area (Å²) in [7, 11) is 0. The van der Waals surface area contributed by atoms with Gasteiger partial charge in [0.1, 0.15) is 5.82 Å². The summed E-state index contributed by atoms with van der Waals surface area (Å²) in [4.78, 5) is 16.3. The lowest BCUT2D eigenvalue weighted by molar-refractivity contribution is -0.118. The van der Waals surface area contributed by atoms with Crippen LogP contribution in [0.5, 0.6) is 0 Å². The fourth-order valence-corrected chi connectivity index (χ4v) is 5.90. The first kappa shape index (κ1) is 19.9. The molecule has 4 nitrogen and oxygen atoms in total. The molecule has 4 rings (SSSR count). The third-order valence-electron chi connectivity index (χ3n) is 5.51. The van der Waals surface area contributed by atoms with Gasteiger partial charge in [0.2, 0.25) is 0 Å². The first-order valence-corrected chi connectivity index (χ1v) is 11.2. The van der Waals surface area contributed by atoms with Crippen molar-refractivity contribution in [2.24, 2.45) is 11.1 Å². The number of nitriles is 1. The van der Waals surface area contributed by atoms with Gasteiger partial charge < -0.3 is 5.73 Å². The van der Waals surface area contributed by atoms with Crippen LogP contribution in [0.3, 0.4) is 0 Å². The van der Waals surface area contributed by atoms with Crippen molar-refractivity contribution in [3.8, 4) is 6.07 Å². The van der Waals surface area contributed by atoms with Crippen LogP contribution in [0.4, 0.5) is 5.69 Å². The molecule has 1 atom stereocenters. The van der Waals surface area contributed by atoms with Gasteiger partial charge in [0.15, 0.2) is 5.78 Å². The lowest BCUT2D eigenvalue weighted by atomic mass is 9.69. The molecule has 0 fully saturated rings. The number of anilines is 1. The predicted octanol–water partition coefficient (Wildman–Crippen LogP) is 5.76. The summed E-state index contributed by atoms with van der Waals surface area (Å²) < 4.78 is 0.945. The molecule has 0 amide bonds. The summed E-state index contributed by atoms with van der Waals surface area (Å²) in [5.74, 6) is 0.108. The van der Waals surface area contributed by atoms with Crippen molar-refractivity contribution in [2.75, 3.05) is 4.90 Å². The van der Waals surface area contributed by atoms with Crippen molar-refractivity contribution < 1.29 is 4.79 Å².